The third-order valence-electron chi connectivity index (χ3n) is 3.75. The lowest BCUT2D eigenvalue weighted by atomic mass is 10.2. The summed E-state index contributed by atoms with van der Waals surface area (Å²) in [5.41, 5.74) is 1.13. The average Bonchev–Trinajstić information content (AvgIpc) is 3.09. The topological polar surface area (TPSA) is 41.1 Å². The van der Waals surface area contributed by atoms with Crippen LogP contribution >= 0.6 is 24.2 Å². The van der Waals surface area contributed by atoms with E-state index in [0.29, 0.717) is 6.54 Å². The molecule has 23 heavy (non-hydrogen) atoms. The molecule has 122 valence electrons. The Bertz CT molecular complexity index is 613. The van der Waals surface area contributed by atoms with Gasteiger partial charge in [-0.25, -0.2) is 0 Å². The van der Waals surface area contributed by atoms with Gasteiger partial charge in [-0.3, -0.25) is 4.79 Å². The fraction of sp³-hybridized carbons (Fsp3) is 0.278. The zero-order valence-electron chi connectivity index (χ0n) is 12.8. The molecule has 3 nitrogen and oxygen atoms in total. The average molecular weight is 349 g/mol. The maximum Gasteiger partial charge on any atom is 0.237 e. The number of carbonyl (C=O) groups is 1. The van der Waals surface area contributed by atoms with Gasteiger partial charge in [-0.2, -0.15) is 0 Å². The molecule has 1 unspecified atom stereocenters. The van der Waals surface area contributed by atoms with Crippen LogP contribution in [0.5, 0.6) is 0 Å². The fourth-order valence-electron chi connectivity index (χ4n) is 2.52. The number of hydrogen-bond donors (Lipinski definition) is 2. The van der Waals surface area contributed by atoms with Crippen LogP contribution in [-0.2, 0) is 11.3 Å². The van der Waals surface area contributed by atoms with E-state index in [1.54, 1.807) is 11.8 Å². The number of nitrogens with one attached hydrogen (secondary N) is 2. The summed E-state index contributed by atoms with van der Waals surface area (Å²) in [5.74, 6) is 0.111. The first-order valence-corrected chi connectivity index (χ1v) is 8.46. The van der Waals surface area contributed by atoms with Crippen molar-refractivity contribution in [2.45, 2.75) is 35.2 Å². The van der Waals surface area contributed by atoms with E-state index in [1.165, 1.54) is 9.79 Å². The van der Waals surface area contributed by atoms with Crippen molar-refractivity contribution in [1.82, 2.24) is 10.6 Å². The zero-order valence-corrected chi connectivity index (χ0v) is 14.5. The molecule has 0 spiro atoms. The highest BCUT2D eigenvalue weighted by Gasteiger charge is 2.21. The van der Waals surface area contributed by atoms with Gasteiger partial charge in [-0.15, -0.1) is 12.4 Å². The number of rotatable bonds is 5. The first-order valence-electron chi connectivity index (χ1n) is 7.64. The Hall–Kier alpha value is -1.49. The first kappa shape index (κ1) is 17.9. The molecule has 2 aromatic rings. The van der Waals surface area contributed by atoms with Crippen LogP contribution in [0.2, 0.25) is 0 Å². The van der Waals surface area contributed by atoms with Crippen molar-refractivity contribution in [3.05, 3.63) is 60.2 Å². The van der Waals surface area contributed by atoms with Gasteiger partial charge in [0, 0.05) is 16.3 Å². The van der Waals surface area contributed by atoms with Gasteiger partial charge in [0.25, 0.3) is 0 Å². The highest BCUT2D eigenvalue weighted by Crippen LogP contribution is 2.27. The lowest BCUT2D eigenvalue weighted by Crippen LogP contribution is -2.39. The van der Waals surface area contributed by atoms with Gasteiger partial charge in [-0.1, -0.05) is 42.1 Å². The second kappa shape index (κ2) is 8.96. The molecular weight excluding hydrogens is 328 g/mol. The molecule has 0 aromatic heterocycles. The van der Waals surface area contributed by atoms with E-state index in [4.69, 9.17) is 0 Å². The molecule has 1 amide bonds. The summed E-state index contributed by atoms with van der Waals surface area (Å²) >= 11 is 1.74. The highest BCUT2D eigenvalue weighted by atomic mass is 35.5. The van der Waals surface area contributed by atoms with Gasteiger partial charge in [0.1, 0.15) is 0 Å². The largest absolute Gasteiger partial charge is 0.351 e. The van der Waals surface area contributed by atoms with Gasteiger partial charge in [0.2, 0.25) is 5.91 Å². The van der Waals surface area contributed by atoms with Crippen LogP contribution in [-0.4, -0.2) is 18.5 Å². The molecule has 2 aromatic carbocycles. The summed E-state index contributed by atoms with van der Waals surface area (Å²) in [6, 6.07) is 18.7. The van der Waals surface area contributed by atoms with Crippen LogP contribution in [0.3, 0.4) is 0 Å². The van der Waals surface area contributed by atoms with Crippen molar-refractivity contribution in [1.29, 1.82) is 0 Å². The van der Waals surface area contributed by atoms with Gasteiger partial charge < -0.3 is 10.6 Å². The van der Waals surface area contributed by atoms with Gasteiger partial charge in [0.05, 0.1) is 6.04 Å². The van der Waals surface area contributed by atoms with Gasteiger partial charge >= 0.3 is 0 Å². The van der Waals surface area contributed by atoms with Gasteiger partial charge in [-0.05, 0) is 49.2 Å². The molecule has 1 aliphatic heterocycles. The molecule has 0 saturated carbocycles. The van der Waals surface area contributed by atoms with E-state index in [0.717, 1.165) is 24.9 Å². The second-order valence-electron chi connectivity index (χ2n) is 5.43. The van der Waals surface area contributed by atoms with E-state index in [-0.39, 0.29) is 24.4 Å². The molecule has 3 rings (SSSR count). The molecular formula is C18H21ClN2OS. The Morgan fingerprint density at radius 2 is 1.78 bits per heavy atom. The minimum Gasteiger partial charge on any atom is -0.351 e. The maximum atomic E-state index is 11.9. The zero-order chi connectivity index (χ0) is 15.2. The molecule has 5 heteroatoms. The minimum atomic E-state index is -0.00657. The van der Waals surface area contributed by atoms with E-state index in [1.807, 2.05) is 18.2 Å². The third-order valence-corrected chi connectivity index (χ3v) is 4.76. The summed E-state index contributed by atoms with van der Waals surface area (Å²) < 4.78 is 0. The van der Waals surface area contributed by atoms with E-state index < -0.39 is 0 Å². The number of hydrogen-bond acceptors (Lipinski definition) is 3. The number of amides is 1. The molecule has 1 saturated heterocycles. The Morgan fingerprint density at radius 3 is 2.43 bits per heavy atom. The predicted molar refractivity (Wildman–Crippen MR) is 97.1 cm³/mol. The van der Waals surface area contributed by atoms with Crippen LogP contribution in [0, 0.1) is 0 Å². The fourth-order valence-corrected chi connectivity index (χ4v) is 3.36. The summed E-state index contributed by atoms with van der Waals surface area (Å²) in [6.45, 7) is 1.54. The summed E-state index contributed by atoms with van der Waals surface area (Å²) in [5, 5.41) is 6.22. The van der Waals surface area contributed by atoms with Gasteiger partial charge in [0.15, 0.2) is 0 Å². The first-order chi connectivity index (χ1) is 10.8. The van der Waals surface area contributed by atoms with E-state index >= 15 is 0 Å². The monoisotopic (exact) mass is 348 g/mol. The number of benzene rings is 2. The normalized spacial score (nSPS) is 16.6. The quantitative estimate of drug-likeness (QED) is 0.867. The standard InChI is InChI=1S/C18H20N2OS.ClH/c21-18(17-7-4-12-19-17)20-13-14-8-10-16(11-9-14)22-15-5-2-1-3-6-15;/h1-3,5-6,8-11,17,19H,4,7,12-13H2,(H,20,21);1H. The molecule has 1 fully saturated rings. The minimum absolute atomic E-state index is 0. The SMILES string of the molecule is Cl.O=C(NCc1ccc(Sc2ccccc2)cc1)C1CCCN1. The lowest BCUT2D eigenvalue weighted by molar-refractivity contribution is -0.122. The Morgan fingerprint density at radius 1 is 1.09 bits per heavy atom. The maximum absolute atomic E-state index is 11.9. The smallest absolute Gasteiger partial charge is 0.237 e. The second-order valence-corrected chi connectivity index (χ2v) is 6.57. The lowest BCUT2D eigenvalue weighted by Gasteiger charge is -2.11. The molecule has 0 bridgehead atoms. The van der Waals surface area contributed by atoms with Crippen LogP contribution in [0.4, 0.5) is 0 Å². The molecule has 1 aliphatic rings. The van der Waals surface area contributed by atoms with Crippen LogP contribution in [0.15, 0.2) is 64.4 Å². The third kappa shape index (κ3) is 5.27. The Kier molecular flexibility index (Phi) is 6.96. The van der Waals surface area contributed by atoms with Crippen LogP contribution in [0.25, 0.3) is 0 Å². The Balaban J connectivity index is 0.00000192. The van der Waals surface area contributed by atoms with Crippen LogP contribution in [0.1, 0.15) is 18.4 Å². The van der Waals surface area contributed by atoms with Crippen molar-refractivity contribution >= 4 is 30.1 Å². The van der Waals surface area contributed by atoms with E-state index in [2.05, 4.69) is 47.0 Å². The number of halogens is 1. The van der Waals surface area contributed by atoms with Crippen molar-refractivity contribution in [3.63, 3.8) is 0 Å². The molecule has 1 atom stereocenters. The van der Waals surface area contributed by atoms with Crippen molar-refractivity contribution in [2.24, 2.45) is 0 Å². The van der Waals surface area contributed by atoms with Crippen molar-refractivity contribution in [2.75, 3.05) is 6.54 Å². The molecule has 1 heterocycles. The van der Waals surface area contributed by atoms with Crippen LogP contribution < -0.4 is 10.6 Å². The summed E-state index contributed by atoms with van der Waals surface area (Å²) in [4.78, 5) is 14.4. The van der Waals surface area contributed by atoms with Crippen molar-refractivity contribution in [3.8, 4) is 0 Å². The molecule has 2 N–H and O–H groups in total. The summed E-state index contributed by atoms with van der Waals surface area (Å²) in [6.07, 6.45) is 2.03. The predicted octanol–water partition coefficient (Wildman–Crippen LogP) is 3.63. The van der Waals surface area contributed by atoms with Crippen molar-refractivity contribution < 1.29 is 4.79 Å². The molecule has 0 radical (unpaired) electrons. The molecule has 0 aliphatic carbocycles. The Labute approximate surface area is 147 Å². The highest BCUT2D eigenvalue weighted by molar-refractivity contribution is 7.99. The number of carbonyl (C=O) groups excluding carboxylic acids is 1. The summed E-state index contributed by atoms with van der Waals surface area (Å²) in [7, 11) is 0. The van der Waals surface area contributed by atoms with E-state index in [9.17, 15) is 4.79 Å².